The molecule has 2 aromatic carbocycles. The van der Waals surface area contributed by atoms with E-state index < -0.39 is 5.91 Å². The number of primary amides is 1. The van der Waals surface area contributed by atoms with Gasteiger partial charge in [0.15, 0.2) is 0 Å². The minimum absolute atomic E-state index is 0.436. The van der Waals surface area contributed by atoms with E-state index in [9.17, 15) is 4.79 Å². The van der Waals surface area contributed by atoms with E-state index in [0.29, 0.717) is 18.7 Å². The Morgan fingerprint density at radius 1 is 1.10 bits per heavy atom. The standard InChI is InChI=1S/C15H17N3O2/c16-8-9-20-14-3-1-2-13(10-14)18-12-6-4-11(5-7-12)15(17)19/h1-7,10,18H,8-9,16H2,(H2,17,19). The minimum atomic E-state index is -0.436. The van der Waals surface area contributed by atoms with Crippen LogP contribution in [0, 0.1) is 0 Å². The number of rotatable bonds is 6. The zero-order valence-corrected chi connectivity index (χ0v) is 11.0. The molecule has 0 bridgehead atoms. The number of amides is 1. The summed E-state index contributed by atoms with van der Waals surface area (Å²) in [4.78, 5) is 11.0. The molecule has 0 aliphatic carbocycles. The van der Waals surface area contributed by atoms with Crippen LogP contribution in [-0.4, -0.2) is 19.1 Å². The first-order chi connectivity index (χ1) is 9.69. The van der Waals surface area contributed by atoms with Gasteiger partial charge in [0.05, 0.1) is 0 Å². The van der Waals surface area contributed by atoms with Crippen molar-refractivity contribution in [3.05, 3.63) is 54.1 Å². The molecule has 0 aliphatic heterocycles. The topological polar surface area (TPSA) is 90.4 Å². The third-order valence-electron chi connectivity index (χ3n) is 2.68. The molecule has 5 nitrogen and oxygen atoms in total. The van der Waals surface area contributed by atoms with Gasteiger partial charge in [-0.2, -0.15) is 0 Å². The zero-order chi connectivity index (χ0) is 14.4. The highest BCUT2D eigenvalue weighted by atomic mass is 16.5. The molecular formula is C15H17N3O2. The maximum Gasteiger partial charge on any atom is 0.248 e. The lowest BCUT2D eigenvalue weighted by Gasteiger charge is -2.09. The van der Waals surface area contributed by atoms with Crippen LogP contribution in [0.1, 0.15) is 10.4 Å². The average molecular weight is 271 g/mol. The Hall–Kier alpha value is -2.53. The minimum Gasteiger partial charge on any atom is -0.492 e. The van der Waals surface area contributed by atoms with Crippen LogP contribution in [0.3, 0.4) is 0 Å². The summed E-state index contributed by atoms with van der Waals surface area (Å²) in [5, 5.41) is 3.22. The molecule has 0 aliphatic rings. The molecule has 1 amide bonds. The van der Waals surface area contributed by atoms with Gasteiger partial charge >= 0.3 is 0 Å². The van der Waals surface area contributed by atoms with Crippen molar-refractivity contribution >= 4 is 17.3 Å². The molecule has 0 aromatic heterocycles. The predicted octanol–water partition coefficient (Wildman–Crippen LogP) is 1.87. The number of nitrogens with one attached hydrogen (secondary N) is 1. The Morgan fingerprint density at radius 2 is 1.85 bits per heavy atom. The fourth-order valence-corrected chi connectivity index (χ4v) is 1.72. The second-order valence-corrected chi connectivity index (χ2v) is 4.23. The molecule has 0 spiro atoms. The number of carbonyl (C=O) groups excluding carboxylic acids is 1. The number of benzene rings is 2. The lowest BCUT2D eigenvalue weighted by molar-refractivity contribution is 0.100. The molecule has 0 saturated carbocycles. The van der Waals surface area contributed by atoms with E-state index in [1.807, 2.05) is 24.3 Å². The monoisotopic (exact) mass is 271 g/mol. The Labute approximate surface area is 117 Å². The van der Waals surface area contributed by atoms with Gasteiger partial charge in [-0.05, 0) is 36.4 Å². The molecule has 0 heterocycles. The summed E-state index contributed by atoms with van der Waals surface area (Å²) in [6.07, 6.45) is 0. The summed E-state index contributed by atoms with van der Waals surface area (Å²) in [7, 11) is 0. The van der Waals surface area contributed by atoms with Crippen molar-refractivity contribution in [3.63, 3.8) is 0 Å². The van der Waals surface area contributed by atoms with Crippen molar-refractivity contribution in [2.24, 2.45) is 11.5 Å². The predicted molar refractivity (Wildman–Crippen MR) is 79.2 cm³/mol. The first-order valence-electron chi connectivity index (χ1n) is 6.29. The maximum atomic E-state index is 11.0. The van der Waals surface area contributed by atoms with Crippen LogP contribution in [0.5, 0.6) is 5.75 Å². The second kappa shape index (κ2) is 6.58. The summed E-state index contributed by atoms with van der Waals surface area (Å²) in [6.45, 7) is 0.961. The molecule has 104 valence electrons. The molecule has 0 saturated heterocycles. The number of ether oxygens (including phenoxy) is 1. The SMILES string of the molecule is NCCOc1cccc(Nc2ccc(C(N)=O)cc2)c1. The van der Waals surface area contributed by atoms with E-state index in [-0.39, 0.29) is 0 Å². The van der Waals surface area contributed by atoms with E-state index in [1.54, 1.807) is 24.3 Å². The van der Waals surface area contributed by atoms with Gasteiger partial charge in [0.25, 0.3) is 0 Å². The molecule has 0 fully saturated rings. The van der Waals surface area contributed by atoms with Crippen LogP contribution < -0.4 is 21.5 Å². The van der Waals surface area contributed by atoms with Gasteiger partial charge in [-0.1, -0.05) is 6.07 Å². The van der Waals surface area contributed by atoms with Crippen LogP contribution in [0.4, 0.5) is 11.4 Å². The fraction of sp³-hybridized carbons (Fsp3) is 0.133. The van der Waals surface area contributed by atoms with Crippen LogP contribution in [-0.2, 0) is 0 Å². The Bertz CT molecular complexity index is 582. The van der Waals surface area contributed by atoms with Crippen molar-refractivity contribution < 1.29 is 9.53 Å². The molecule has 0 atom stereocenters. The van der Waals surface area contributed by atoms with Gasteiger partial charge < -0.3 is 21.5 Å². The van der Waals surface area contributed by atoms with E-state index in [0.717, 1.165) is 17.1 Å². The van der Waals surface area contributed by atoms with Crippen LogP contribution in [0.2, 0.25) is 0 Å². The van der Waals surface area contributed by atoms with Gasteiger partial charge in [-0.25, -0.2) is 0 Å². The summed E-state index contributed by atoms with van der Waals surface area (Å²) >= 11 is 0. The van der Waals surface area contributed by atoms with Crippen molar-refractivity contribution in [1.29, 1.82) is 0 Å². The molecule has 0 radical (unpaired) electrons. The van der Waals surface area contributed by atoms with Gasteiger partial charge in [0.1, 0.15) is 12.4 Å². The average Bonchev–Trinajstić information content (AvgIpc) is 2.46. The quantitative estimate of drug-likeness (QED) is 0.748. The molecule has 5 N–H and O–H groups in total. The number of carbonyl (C=O) groups is 1. The van der Waals surface area contributed by atoms with E-state index >= 15 is 0 Å². The Balaban J connectivity index is 2.07. The smallest absolute Gasteiger partial charge is 0.248 e. The van der Waals surface area contributed by atoms with Gasteiger partial charge in [-0.15, -0.1) is 0 Å². The van der Waals surface area contributed by atoms with E-state index in [4.69, 9.17) is 16.2 Å². The summed E-state index contributed by atoms with van der Waals surface area (Å²) in [6, 6.07) is 14.5. The summed E-state index contributed by atoms with van der Waals surface area (Å²) < 4.78 is 5.46. The lowest BCUT2D eigenvalue weighted by atomic mass is 10.2. The number of anilines is 2. The highest BCUT2D eigenvalue weighted by molar-refractivity contribution is 5.93. The second-order valence-electron chi connectivity index (χ2n) is 4.23. The highest BCUT2D eigenvalue weighted by Crippen LogP contribution is 2.21. The molecular weight excluding hydrogens is 254 g/mol. The number of hydrogen-bond acceptors (Lipinski definition) is 4. The highest BCUT2D eigenvalue weighted by Gasteiger charge is 2.01. The molecule has 2 aromatic rings. The van der Waals surface area contributed by atoms with Crippen LogP contribution in [0.15, 0.2) is 48.5 Å². The van der Waals surface area contributed by atoms with Gasteiger partial charge in [0.2, 0.25) is 5.91 Å². The molecule has 2 rings (SSSR count). The Kier molecular flexibility index (Phi) is 4.57. The molecule has 20 heavy (non-hydrogen) atoms. The maximum absolute atomic E-state index is 11.0. The van der Waals surface area contributed by atoms with Crippen molar-refractivity contribution in [2.75, 3.05) is 18.5 Å². The van der Waals surface area contributed by atoms with Crippen molar-refractivity contribution in [1.82, 2.24) is 0 Å². The zero-order valence-electron chi connectivity index (χ0n) is 11.0. The summed E-state index contributed by atoms with van der Waals surface area (Å²) in [5.74, 6) is 0.322. The molecule has 0 unspecified atom stereocenters. The normalized spacial score (nSPS) is 10.1. The molecule has 5 heteroatoms. The fourth-order valence-electron chi connectivity index (χ4n) is 1.72. The van der Waals surface area contributed by atoms with Crippen molar-refractivity contribution in [2.45, 2.75) is 0 Å². The number of nitrogens with two attached hydrogens (primary N) is 2. The van der Waals surface area contributed by atoms with Gasteiger partial charge in [-0.3, -0.25) is 4.79 Å². The van der Waals surface area contributed by atoms with Crippen LogP contribution >= 0.6 is 0 Å². The van der Waals surface area contributed by atoms with Crippen molar-refractivity contribution in [3.8, 4) is 5.75 Å². The lowest BCUT2D eigenvalue weighted by Crippen LogP contribution is -2.10. The van der Waals surface area contributed by atoms with E-state index in [1.165, 1.54) is 0 Å². The largest absolute Gasteiger partial charge is 0.492 e. The summed E-state index contributed by atoms with van der Waals surface area (Å²) in [5.41, 5.74) is 12.8. The number of hydrogen-bond donors (Lipinski definition) is 3. The van der Waals surface area contributed by atoms with Crippen LogP contribution in [0.25, 0.3) is 0 Å². The van der Waals surface area contributed by atoms with E-state index in [2.05, 4.69) is 5.32 Å². The third kappa shape index (κ3) is 3.73. The Morgan fingerprint density at radius 3 is 2.50 bits per heavy atom. The van der Waals surface area contributed by atoms with Gasteiger partial charge in [0, 0.05) is 29.5 Å². The third-order valence-corrected chi connectivity index (χ3v) is 2.68. The first kappa shape index (κ1) is 13.9. The first-order valence-corrected chi connectivity index (χ1v) is 6.29.